The number of cyclic esters (lactones) is 1. The van der Waals surface area contributed by atoms with Crippen molar-refractivity contribution in [3.63, 3.8) is 0 Å². The highest BCUT2D eigenvalue weighted by Crippen LogP contribution is 2.45. The SMILES string of the molecule is CC1(C)OC(=O)N(C2CCC2)C1c1ccccc1. The Morgan fingerprint density at radius 3 is 2.44 bits per heavy atom. The van der Waals surface area contributed by atoms with Crippen LogP contribution in [0.4, 0.5) is 4.79 Å². The van der Waals surface area contributed by atoms with E-state index < -0.39 is 5.60 Å². The summed E-state index contributed by atoms with van der Waals surface area (Å²) in [5.74, 6) is 0. The molecule has 1 atom stereocenters. The van der Waals surface area contributed by atoms with Crippen molar-refractivity contribution in [1.82, 2.24) is 4.90 Å². The average molecular weight is 245 g/mol. The van der Waals surface area contributed by atoms with Crippen molar-refractivity contribution in [3.05, 3.63) is 35.9 Å². The van der Waals surface area contributed by atoms with Crippen LogP contribution in [0.15, 0.2) is 30.3 Å². The molecule has 1 unspecified atom stereocenters. The Kier molecular flexibility index (Phi) is 2.58. The predicted octanol–water partition coefficient (Wildman–Crippen LogP) is 3.51. The Labute approximate surface area is 108 Å². The van der Waals surface area contributed by atoms with Gasteiger partial charge in [-0.2, -0.15) is 0 Å². The van der Waals surface area contributed by atoms with Gasteiger partial charge in [0.05, 0.1) is 6.04 Å². The first kappa shape index (κ1) is 11.6. The average Bonchev–Trinajstić information content (AvgIpc) is 2.48. The Morgan fingerprint density at radius 2 is 1.89 bits per heavy atom. The van der Waals surface area contributed by atoms with E-state index in [2.05, 4.69) is 12.1 Å². The van der Waals surface area contributed by atoms with E-state index in [4.69, 9.17) is 4.74 Å². The van der Waals surface area contributed by atoms with Gasteiger partial charge in [0.2, 0.25) is 0 Å². The van der Waals surface area contributed by atoms with Crippen LogP contribution in [0.25, 0.3) is 0 Å². The fourth-order valence-corrected chi connectivity index (χ4v) is 3.00. The summed E-state index contributed by atoms with van der Waals surface area (Å²) in [6, 6.07) is 10.6. The molecule has 96 valence electrons. The molecule has 1 aliphatic heterocycles. The highest BCUT2D eigenvalue weighted by Gasteiger charge is 2.51. The first-order valence-corrected chi connectivity index (χ1v) is 6.66. The van der Waals surface area contributed by atoms with Gasteiger partial charge in [-0.15, -0.1) is 0 Å². The van der Waals surface area contributed by atoms with Gasteiger partial charge in [0.1, 0.15) is 5.60 Å². The fraction of sp³-hybridized carbons (Fsp3) is 0.533. The van der Waals surface area contributed by atoms with E-state index >= 15 is 0 Å². The molecule has 1 amide bonds. The number of hydrogen-bond acceptors (Lipinski definition) is 2. The minimum Gasteiger partial charge on any atom is -0.441 e. The van der Waals surface area contributed by atoms with E-state index in [0.717, 1.165) is 12.8 Å². The highest BCUT2D eigenvalue weighted by molar-refractivity contribution is 5.72. The molecule has 0 N–H and O–H groups in total. The summed E-state index contributed by atoms with van der Waals surface area (Å²) < 4.78 is 5.57. The first-order chi connectivity index (χ1) is 8.59. The Balaban J connectivity index is 1.98. The number of rotatable bonds is 2. The van der Waals surface area contributed by atoms with Gasteiger partial charge < -0.3 is 4.74 Å². The number of nitrogens with zero attached hydrogens (tertiary/aromatic N) is 1. The van der Waals surface area contributed by atoms with Crippen molar-refractivity contribution < 1.29 is 9.53 Å². The van der Waals surface area contributed by atoms with Crippen LogP contribution >= 0.6 is 0 Å². The molecule has 1 aromatic rings. The molecule has 0 radical (unpaired) electrons. The second-order valence-corrected chi connectivity index (χ2v) is 5.78. The van der Waals surface area contributed by atoms with Gasteiger partial charge in [-0.1, -0.05) is 30.3 Å². The Morgan fingerprint density at radius 1 is 1.22 bits per heavy atom. The molecule has 1 saturated heterocycles. The molecule has 18 heavy (non-hydrogen) atoms. The third-order valence-corrected chi connectivity index (χ3v) is 4.08. The summed E-state index contributed by atoms with van der Waals surface area (Å²) in [7, 11) is 0. The van der Waals surface area contributed by atoms with Gasteiger partial charge in [-0.3, -0.25) is 4.90 Å². The molecule has 3 nitrogen and oxygen atoms in total. The van der Waals surface area contributed by atoms with E-state index in [0.29, 0.717) is 6.04 Å². The zero-order valence-electron chi connectivity index (χ0n) is 10.9. The number of benzene rings is 1. The molecule has 3 heteroatoms. The van der Waals surface area contributed by atoms with E-state index in [9.17, 15) is 4.79 Å². The minimum absolute atomic E-state index is 0.0384. The second kappa shape index (κ2) is 4.01. The third-order valence-electron chi connectivity index (χ3n) is 4.08. The molecule has 0 aromatic heterocycles. The van der Waals surface area contributed by atoms with E-state index in [1.54, 1.807) is 0 Å². The van der Waals surface area contributed by atoms with Crippen molar-refractivity contribution in [2.45, 2.75) is 50.8 Å². The van der Waals surface area contributed by atoms with Crippen molar-refractivity contribution >= 4 is 6.09 Å². The molecule has 1 aliphatic carbocycles. The fourth-order valence-electron chi connectivity index (χ4n) is 3.00. The zero-order valence-corrected chi connectivity index (χ0v) is 10.9. The Bertz CT molecular complexity index is 451. The van der Waals surface area contributed by atoms with Gasteiger partial charge in [0, 0.05) is 6.04 Å². The van der Waals surface area contributed by atoms with Crippen molar-refractivity contribution in [1.29, 1.82) is 0 Å². The molecule has 3 rings (SSSR count). The van der Waals surface area contributed by atoms with Crippen molar-refractivity contribution in [2.24, 2.45) is 0 Å². The predicted molar refractivity (Wildman–Crippen MR) is 69.2 cm³/mol. The summed E-state index contributed by atoms with van der Waals surface area (Å²) in [4.78, 5) is 14.1. The molecule has 1 heterocycles. The maximum absolute atomic E-state index is 12.1. The number of hydrogen-bond donors (Lipinski definition) is 0. The lowest BCUT2D eigenvalue weighted by atomic mass is 9.86. The van der Waals surface area contributed by atoms with Gasteiger partial charge in [-0.05, 0) is 38.7 Å². The lowest BCUT2D eigenvalue weighted by Gasteiger charge is -2.38. The summed E-state index contributed by atoms with van der Waals surface area (Å²) >= 11 is 0. The van der Waals surface area contributed by atoms with Crippen LogP contribution in [-0.2, 0) is 4.74 Å². The molecular formula is C15H19NO2. The molecular weight excluding hydrogens is 226 g/mol. The maximum atomic E-state index is 12.1. The van der Waals surface area contributed by atoms with Crippen molar-refractivity contribution in [3.8, 4) is 0 Å². The number of carbonyl (C=O) groups excluding carboxylic acids is 1. The topological polar surface area (TPSA) is 29.5 Å². The second-order valence-electron chi connectivity index (χ2n) is 5.78. The van der Waals surface area contributed by atoms with Gasteiger partial charge in [0.25, 0.3) is 0 Å². The zero-order chi connectivity index (χ0) is 12.8. The normalized spacial score (nSPS) is 26.9. The first-order valence-electron chi connectivity index (χ1n) is 6.66. The number of amides is 1. The van der Waals surface area contributed by atoms with Crippen LogP contribution in [0.3, 0.4) is 0 Å². The Hall–Kier alpha value is -1.51. The van der Waals surface area contributed by atoms with Crippen LogP contribution < -0.4 is 0 Å². The van der Waals surface area contributed by atoms with Crippen molar-refractivity contribution in [2.75, 3.05) is 0 Å². The van der Waals surface area contributed by atoms with Crippen LogP contribution in [0.5, 0.6) is 0 Å². The van der Waals surface area contributed by atoms with Crippen LogP contribution in [0.1, 0.15) is 44.7 Å². The molecule has 0 bridgehead atoms. The molecule has 1 aromatic carbocycles. The molecule has 1 saturated carbocycles. The molecule has 2 aliphatic rings. The summed E-state index contributed by atoms with van der Waals surface area (Å²) in [6.45, 7) is 4.00. The van der Waals surface area contributed by atoms with E-state index in [1.165, 1.54) is 12.0 Å². The van der Waals surface area contributed by atoms with Gasteiger partial charge in [0.15, 0.2) is 0 Å². The highest BCUT2D eigenvalue weighted by atomic mass is 16.6. The summed E-state index contributed by atoms with van der Waals surface area (Å²) in [5.41, 5.74) is 0.717. The quantitative estimate of drug-likeness (QED) is 0.798. The number of ether oxygens (including phenoxy) is 1. The monoisotopic (exact) mass is 245 g/mol. The summed E-state index contributed by atoms with van der Waals surface area (Å²) in [5, 5.41) is 0. The third kappa shape index (κ3) is 1.69. The van der Waals surface area contributed by atoms with E-state index in [1.807, 2.05) is 36.9 Å². The van der Waals surface area contributed by atoms with Gasteiger partial charge in [-0.25, -0.2) is 4.79 Å². The molecule has 2 fully saturated rings. The maximum Gasteiger partial charge on any atom is 0.411 e. The largest absolute Gasteiger partial charge is 0.441 e. The lowest BCUT2D eigenvalue weighted by molar-refractivity contribution is 0.0656. The van der Waals surface area contributed by atoms with Gasteiger partial charge >= 0.3 is 6.09 Å². The van der Waals surface area contributed by atoms with Crippen LogP contribution in [-0.4, -0.2) is 22.6 Å². The smallest absolute Gasteiger partial charge is 0.411 e. The van der Waals surface area contributed by atoms with E-state index in [-0.39, 0.29) is 12.1 Å². The molecule has 0 spiro atoms. The van der Waals surface area contributed by atoms with Crippen LogP contribution in [0, 0.1) is 0 Å². The van der Waals surface area contributed by atoms with Crippen LogP contribution in [0.2, 0.25) is 0 Å². The standard InChI is InChI=1S/C15H19NO2/c1-15(2)13(11-7-4-3-5-8-11)16(14(17)18-15)12-9-6-10-12/h3-5,7-8,12-13H,6,9-10H2,1-2H3. The lowest BCUT2D eigenvalue weighted by Crippen LogP contribution is -2.44. The minimum atomic E-state index is -0.450. The summed E-state index contributed by atoms with van der Waals surface area (Å²) in [6.07, 6.45) is 3.28. The number of carbonyl (C=O) groups is 1.